The molecule has 342 valence electrons. The van der Waals surface area contributed by atoms with Gasteiger partial charge in [0, 0.05) is 30.1 Å². The van der Waals surface area contributed by atoms with Crippen LogP contribution in [0, 0.1) is 0 Å². The van der Waals surface area contributed by atoms with E-state index in [0.29, 0.717) is 29.7 Å². The van der Waals surface area contributed by atoms with Gasteiger partial charge >= 0.3 is 0 Å². The molecule has 2 N–H and O–H groups in total. The maximum absolute atomic E-state index is 10.6. The van der Waals surface area contributed by atoms with Crippen molar-refractivity contribution in [1.82, 2.24) is 0 Å². The standard InChI is InChI=1S/C52H91ClO6/c1-3-5-7-9-11-13-15-17-19-21-23-25-27-29-31-35-39-56-42-46(54)44-58-51-41-50(53)52(49-38-34-33-37-48(49)51)59-45-47(55)43-57-40-36-32-30-28-26-24-22-20-18-16-14-12-10-8-6-4-2/h33-34,37-38,41,46-47,54-55H,3-32,35-36,39-40,42-45H2,1-2H3. The Hall–Kier alpha value is -1.57. The summed E-state index contributed by atoms with van der Waals surface area (Å²) in [6.07, 6.45) is 41.6. The molecule has 2 aromatic rings. The molecule has 0 amide bonds. The lowest BCUT2D eigenvalue weighted by molar-refractivity contribution is 0.0107. The fourth-order valence-electron chi connectivity index (χ4n) is 7.95. The number of aliphatic hydroxyl groups excluding tert-OH is 2. The maximum Gasteiger partial charge on any atom is 0.146 e. The van der Waals surface area contributed by atoms with Crippen LogP contribution in [0.3, 0.4) is 0 Å². The summed E-state index contributed by atoms with van der Waals surface area (Å²) in [5.74, 6) is 1.09. The van der Waals surface area contributed by atoms with Crippen molar-refractivity contribution in [1.29, 1.82) is 0 Å². The highest BCUT2D eigenvalue weighted by Gasteiger charge is 2.16. The van der Waals surface area contributed by atoms with Gasteiger partial charge in [0.1, 0.15) is 36.9 Å². The summed E-state index contributed by atoms with van der Waals surface area (Å²) >= 11 is 6.68. The quantitative estimate of drug-likeness (QED) is 0.0647. The van der Waals surface area contributed by atoms with Gasteiger partial charge in [-0.3, -0.25) is 0 Å². The van der Waals surface area contributed by atoms with Crippen LogP contribution in [0.25, 0.3) is 10.8 Å². The zero-order valence-corrected chi connectivity index (χ0v) is 39.1. The molecule has 2 unspecified atom stereocenters. The van der Waals surface area contributed by atoms with Crippen molar-refractivity contribution in [3.05, 3.63) is 35.4 Å². The first kappa shape index (κ1) is 53.6. The fraction of sp³-hybridized carbons (Fsp3) is 0.808. The van der Waals surface area contributed by atoms with Gasteiger partial charge in [0.15, 0.2) is 0 Å². The topological polar surface area (TPSA) is 77.4 Å². The van der Waals surface area contributed by atoms with Crippen molar-refractivity contribution in [3.63, 3.8) is 0 Å². The monoisotopic (exact) mass is 847 g/mol. The first-order valence-electron chi connectivity index (χ1n) is 25.0. The zero-order valence-electron chi connectivity index (χ0n) is 38.3. The number of hydrogen-bond donors (Lipinski definition) is 2. The molecule has 0 saturated carbocycles. The Labute approximate surface area is 368 Å². The normalized spacial score (nSPS) is 12.7. The third kappa shape index (κ3) is 29.4. The third-order valence-corrected chi connectivity index (χ3v) is 11.9. The second-order valence-corrected chi connectivity index (χ2v) is 17.8. The Bertz CT molecular complexity index is 1210. The molecule has 0 aromatic heterocycles. The van der Waals surface area contributed by atoms with Gasteiger partial charge in [0.05, 0.1) is 18.2 Å². The van der Waals surface area contributed by atoms with Gasteiger partial charge in [-0.1, -0.05) is 242 Å². The second kappa shape index (κ2) is 39.3. The Morgan fingerprint density at radius 3 is 1.12 bits per heavy atom. The number of benzene rings is 2. The van der Waals surface area contributed by atoms with Crippen molar-refractivity contribution in [2.75, 3.05) is 39.6 Å². The molecule has 0 aliphatic carbocycles. The Morgan fingerprint density at radius 2 is 0.746 bits per heavy atom. The lowest BCUT2D eigenvalue weighted by Gasteiger charge is -2.18. The Kier molecular flexibility index (Phi) is 35.7. The minimum absolute atomic E-state index is 0.0817. The van der Waals surface area contributed by atoms with Gasteiger partial charge in [-0.2, -0.15) is 0 Å². The van der Waals surface area contributed by atoms with Gasteiger partial charge < -0.3 is 29.2 Å². The molecule has 0 aliphatic rings. The number of hydrogen-bond acceptors (Lipinski definition) is 6. The van der Waals surface area contributed by atoms with Crippen LogP contribution in [0.2, 0.25) is 5.02 Å². The predicted molar refractivity (Wildman–Crippen MR) is 253 cm³/mol. The van der Waals surface area contributed by atoms with Gasteiger partial charge in [-0.15, -0.1) is 0 Å². The van der Waals surface area contributed by atoms with E-state index >= 15 is 0 Å². The van der Waals surface area contributed by atoms with Crippen LogP contribution in [0.1, 0.15) is 219 Å². The smallest absolute Gasteiger partial charge is 0.146 e. The van der Waals surface area contributed by atoms with Gasteiger partial charge in [0.2, 0.25) is 0 Å². The molecule has 0 aliphatic heterocycles. The molecule has 0 bridgehead atoms. The molecule has 2 atom stereocenters. The van der Waals surface area contributed by atoms with E-state index in [1.165, 1.54) is 193 Å². The minimum Gasteiger partial charge on any atom is -0.490 e. The van der Waals surface area contributed by atoms with E-state index in [-0.39, 0.29) is 26.4 Å². The van der Waals surface area contributed by atoms with E-state index < -0.39 is 12.2 Å². The van der Waals surface area contributed by atoms with E-state index in [0.717, 1.165) is 23.6 Å². The van der Waals surface area contributed by atoms with Gasteiger partial charge in [-0.05, 0) is 12.8 Å². The SMILES string of the molecule is CCCCCCCCCCCCCCCCCCOCC(O)COc1cc(Cl)c(OCC(O)COCCCCCCCCCCCCCCCCCC)c2ccccc12. The molecule has 2 rings (SSSR count). The molecule has 0 spiro atoms. The highest BCUT2D eigenvalue weighted by Crippen LogP contribution is 2.40. The summed E-state index contributed by atoms with van der Waals surface area (Å²) in [6, 6.07) is 9.47. The fourth-order valence-corrected chi connectivity index (χ4v) is 8.21. The first-order chi connectivity index (χ1) is 29.1. The summed E-state index contributed by atoms with van der Waals surface area (Å²) in [5, 5.41) is 23.2. The van der Waals surface area contributed by atoms with Crippen LogP contribution in [0.4, 0.5) is 0 Å². The predicted octanol–water partition coefficient (Wildman–Crippen LogP) is 15.5. The number of unbranched alkanes of at least 4 members (excludes halogenated alkanes) is 30. The van der Waals surface area contributed by atoms with E-state index in [2.05, 4.69) is 13.8 Å². The van der Waals surface area contributed by atoms with E-state index in [4.69, 9.17) is 30.5 Å². The molecule has 7 heteroatoms. The third-order valence-electron chi connectivity index (χ3n) is 11.7. The highest BCUT2D eigenvalue weighted by atomic mass is 35.5. The summed E-state index contributed by atoms with van der Waals surface area (Å²) in [5.41, 5.74) is 0. The number of fused-ring (bicyclic) bond motifs is 1. The van der Waals surface area contributed by atoms with Crippen molar-refractivity contribution in [2.24, 2.45) is 0 Å². The Balaban J connectivity index is 1.48. The van der Waals surface area contributed by atoms with Crippen LogP contribution >= 0.6 is 11.6 Å². The lowest BCUT2D eigenvalue weighted by Crippen LogP contribution is -2.24. The second-order valence-electron chi connectivity index (χ2n) is 17.4. The molecule has 0 radical (unpaired) electrons. The van der Waals surface area contributed by atoms with Crippen molar-refractivity contribution >= 4 is 22.4 Å². The number of aliphatic hydroxyl groups is 2. The maximum atomic E-state index is 10.6. The molecule has 2 aromatic carbocycles. The van der Waals surface area contributed by atoms with Crippen molar-refractivity contribution < 1.29 is 29.2 Å². The molecular weight excluding hydrogens is 756 g/mol. The van der Waals surface area contributed by atoms with E-state index in [1.54, 1.807) is 6.07 Å². The van der Waals surface area contributed by atoms with Crippen LogP contribution in [0.5, 0.6) is 11.5 Å². The molecule has 59 heavy (non-hydrogen) atoms. The number of halogens is 1. The van der Waals surface area contributed by atoms with Crippen LogP contribution in [-0.2, 0) is 9.47 Å². The average molecular weight is 848 g/mol. The first-order valence-corrected chi connectivity index (χ1v) is 25.4. The van der Waals surface area contributed by atoms with Crippen LogP contribution < -0.4 is 9.47 Å². The molecule has 0 saturated heterocycles. The zero-order chi connectivity index (χ0) is 42.3. The highest BCUT2D eigenvalue weighted by molar-refractivity contribution is 6.33. The van der Waals surface area contributed by atoms with Crippen LogP contribution in [0.15, 0.2) is 30.3 Å². The number of ether oxygens (including phenoxy) is 4. The summed E-state index contributed by atoms with van der Waals surface area (Å²) in [7, 11) is 0. The number of rotatable bonds is 44. The van der Waals surface area contributed by atoms with Crippen LogP contribution in [-0.4, -0.2) is 62.1 Å². The van der Waals surface area contributed by atoms with Crippen molar-refractivity contribution in [3.8, 4) is 11.5 Å². The Morgan fingerprint density at radius 1 is 0.424 bits per heavy atom. The van der Waals surface area contributed by atoms with Gasteiger partial charge in [0.25, 0.3) is 0 Å². The van der Waals surface area contributed by atoms with E-state index in [9.17, 15) is 10.2 Å². The molecule has 0 fully saturated rings. The van der Waals surface area contributed by atoms with E-state index in [1.807, 2.05) is 24.3 Å². The minimum atomic E-state index is -0.754. The lowest BCUT2D eigenvalue weighted by atomic mass is 10.0. The summed E-state index contributed by atoms with van der Waals surface area (Å²) in [4.78, 5) is 0. The largest absolute Gasteiger partial charge is 0.490 e. The molecular formula is C52H91ClO6. The molecule has 0 heterocycles. The molecule has 6 nitrogen and oxygen atoms in total. The van der Waals surface area contributed by atoms with Gasteiger partial charge in [-0.25, -0.2) is 0 Å². The summed E-state index contributed by atoms with van der Waals surface area (Å²) in [6.45, 7) is 6.54. The average Bonchev–Trinajstić information content (AvgIpc) is 3.24. The van der Waals surface area contributed by atoms with Crippen molar-refractivity contribution in [2.45, 2.75) is 232 Å². The summed E-state index contributed by atoms with van der Waals surface area (Å²) < 4.78 is 23.6.